The fourth-order valence-corrected chi connectivity index (χ4v) is 13.9. The first-order chi connectivity index (χ1) is 42.6. The van der Waals surface area contributed by atoms with E-state index in [2.05, 4.69) is 52.3 Å². The van der Waals surface area contributed by atoms with E-state index in [0.717, 1.165) is 52.3 Å². The molecule has 28 heteroatoms. The average Bonchev–Trinajstić information content (AvgIpc) is 1.88. The zero-order chi connectivity index (χ0) is 65.0. The van der Waals surface area contributed by atoms with E-state index in [1.54, 1.807) is 17.0 Å². The fraction of sp³-hybridized carbons (Fsp3) is 0.532. The standard InChI is InChI=1S/C62H81F2N12O12PS/c1-61(2,3)39-12-10-37(11-13-39)32-46(59(84)74-30-28-72(29-31-74)24-7-23-66-44-9-6-8-42-43(44)35-75(58(42)83)48-18-21-53(78)70-55(48)80)68-54(79)45(16-20-52(65)77)67-56(81)49-17-15-41-22-25-73(27-26-71(4)5)36-47(60(85)76(41)49)69-57(82)51-34-38-33-40(14-19-50(38)90-51)62(63,64)89(86,87)88/h6,8-14,19,33-34,41,45-49,66H,7,15-18,20-32,35-36H2,1-5H3,(H2,65,77)(H,67,81)(H,68,79)(H,69,82)(H,70,78,80)(H2,86,87,88)/t41-,45?,46?,47+,48?,49+/m1/s1. The molecule has 6 atom stereocenters. The van der Waals surface area contributed by atoms with Gasteiger partial charge in [0.15, 0.2) is 0 Å². The summed E-state index contributed by atoms with van der Waals surface area (Å²) < 4.78 is 41.5. The lowest BCUT2D eigenvalue weighted by Crippen LogP contribution is -2.62. The number of primary amides is 1. The van der Waals surface area contributed by atoms with Gasteiger partial charge in [0.1, 0.15) is 30.2 Å². The minimum absolute atomic E-state index is 0.0332. The van der Waals surface area contributed by atoms with Crippen molar-refractivity contribution < 1.29 is 66.3 Å². The summed E-state index contributed by atoms with van der Waals surface area (Å²) >= 11 is 0.932. The molecular weight excluding hydrogens is 1210 g/mol. The lowest BCUT2D eigenvalue weighted by Gasteiger charge is -2.39. The Bertz CT molecular complexity index is 3440. The van der Waals surface area contributed by atoms with Crippen LogP contribution in [0.25, 0.3) is 10.1 Å². The van der Waals surface area contributed by atoms with E-state index in [4.69, 9.17) is 5.73 Å². The number of hydrogen-bond acceptors (Lipinski definition) is 15. The van der Waals surface area contributed by atoms with Gasteiger partial charge in [-0.05, 0) is 111 Å². The third kappa shape index (κ3) is 15.7. The Morgan fingerprint density at radius 3 is 2.26 bits per heavy atom. The monoisotopic (exact) mass is 1290 g/mol. The molecule has 9 N–H and O–H groups in total. The molecule has 486 valence electrons. The maximum absolute atomic E-state index is 15.0. The Hall–Kier alpha value is -7.26. The number of nitrogens with zero attached hydrogens (tertiary/aromatic N) is 6. The van der Waals surface area contributed by atoms with Gasteiger partial charge >= 0.3 is 13.3 Å². The van der Waals surface area contributed by atoms with E-state index < -0.39 is 90.5 Å². The highest BCUT2D eigenvalue weighted by Crippen LogP contribution is 2.59. The Morgan fingerprint density at radius 2 is 1.58 bits per heavy atom. The van der Waals surface area contributed by atoms with Crippen molar-refractivity contribution in [3.8, 4) is 0 Å². The highest BCUT2D eigenvalue weighted by Gasteiger charge is 2.51. The number of benzene rings is 3. The van der Waals surface area contributed by atoms with Crippen molar-refractivity contribution >= 4 is 87.9 Å². The SMILES string of the molecule is CN(C)CCN1CC[C@H]2CC[C@@H](C(=O)NC(CCC(N)=O)C(=O)NC(Cc3ccc(C(C)(C)C)cc3)C(=O)N3CCN(CCCNc4cccc5c4CN(C4CCC(=O)NC4=O)C5=O)CC3)N2C(=O)[C@@H](NC(=O)c2cc3cc(C(F)(F)P(=O)(O)O)ccc3s2)C1. The Balaban J connectivity index is 0.864. The molecule has 9 rings (SSSR count). The smallest absolute Gasteiger partial charge is 0.385 e. The molecule has 90 heavy (non-hydrogen) atoms. The number of anilines is 1. The molecule has 9 amide bonds. The van der Waals surface area contributed by atoms with Crippen molar-refractivity contribution in [3.05, 3.63) is 99.4 Å². The summed E-state index contributed by atoms with van der Waals surface area (Å²) in [4.78, 5) is 153. The zero-order valence-electron chi connectivity index (χ0n) is 51.3. The largest absolute Gasteiger partial charge is 0.399 e. The van der Waals surface area contributed by atoms with Gasteiger partial charge in [-0.2, -0.15) is 8.78 Å². The topological polar surface area (TPSA) is 317 Å². The number of likely N-dealkylation sites (N-methyl/N-ethyl adjacent to an activating group) is 1. The van der Waals surface area contributed by atoms with E-state index in [0.29, 0.717) is 82.0 Å². The first-order valence-electron chi connectivity index (χ1n) is 30.5. The van der Waals surface area contributed by atoms with Gasteiger partial charge in [-0.15, -0.1) is 11.3 Å². The number of alkyl halides is 2. The lowest BCUT2D eigenvalue weighted by molar-refractivity contribution is -0.144. The van der Waals surface area contributed by atoms with Gasteiger partial charge in [0.2, 0.25) is 41.4 Å². The van der Waals surface area contributed by atoms with Crippen LogP contribution < -0.4 is 32.3 Å². The van der Waals surface area contributed by atoms with Crippen LogP contribution in [0.4, 0.5) is 14.5 Å². The number of piperazine rings is 1. The van der Waals surface area contributed by atoms with E-state index in [-0.39, 0.29) is 85.0 Å². The number of imide groups is 1. The summed E-state index contributed by atoms with van der Waals surface area (Å²) in [7, 11) is -2.08. The molecule has 3 unspecified atom stereocenters. The summed E-state index contributed by atoms with van der Waals surface area (Å²) in [5.74, 6) is -4.89. The zero-order valence-corrected chi connectivity index (χ0v) is 53.0. The molecule has 5 aliphatic rings. The molecule has 1 aromatic heterocycles. The van der Waals surface area contributed by atoms with Crippen molar-refractivity contribution in [2.75, 3.05) is 84.9 Å². The molecule has 4 aromatic rings. The van der Waals surface area contributed by atoms with Crippen LogP contribution in [-0.2, 0) is 62.2 Å². The Labute approximate surface area is 525 Å². The number of halogens is 2. The van der Waals surface area contributed by atoms with Crippen LogP contribution in [-0.4, -0.2) is 208 Å². The number of rotatable bonds is 23. The lowest BCUT2D eigenvalue weighted by atomic mass is 9.86. The second-order valence-corrected chi connectivity index (χ2v) is 28.1. The van der Waals surface area contributed by atoms with Crippen molar-refractivity contribution in [2.24, 2.45) is 5.73 Å². The maximum Gasteiger partial charge on any atom is 0.399 e. The second-order valence-electron chi connectivity index (χ2n) is 25.3. The molecule has 0 radical (unpaired) electrons. The minimum atomic E-state index is -5.89. The van der Waals surface area contributed by atoms with Crippen molar-refractivity contribution in [3.63, 3.8) is 0 Å². The van der Waals surface area contributed by atoms with Crippen LogP contribution in [0.2, 0.25) is 0 Å². The quantitative estimate of drug-likeness (QED) is 0.0301. The molecule has 24 nitrogen and oxygen atoms in total. The van der Waals surface area contributed by atoms with Crippen molar-refractivity contribution in [1.29, 1.82) is 0 Å². The van der Waals surface area contributed by atoms with E-state index in [1.165, 1.54) is 21.9 Å². The molecule has 4 saturated heterocycles. The van der Waals surface area contributed by atoms with Crippen LogP contribution in [0.15, 0.2) is 66.7 Å². The van der Waals surface area contributed by atoms with Gasteiger partial charge in [0.05, 0.1) is 4.88 Å². The summed E-state index contributed by atoms with van der Waals surface area (Å²) in [6.45, 7) is 11.2. The number of amides is 9. The molecule has 0 aliphatic carbocycles. The van der Waals surface area contributed by atoms with Gasteiger partial charge in [-0.3, -0.25) is 62.8 Å². The second kappa shape index (κ2) is 28.1. The Morgan fingerprint density at radius 1 is 0.856 bits per heavy atom. The molecule has 5 aliphatic heterocycles. The Kier molecular flexibility index (Phi) is 21.0. The van der Waals surface area contributed by atoms with E-state index >= 15 is 0 Å². The molecule has 6 heterocycles. The third-order valence-corrected chi connectivity index (χ3v) is 19.7. The normalized spacial score (nSPS) is 21.1. The molecule has 3 aromatic carbocycles. The van der Waals surface area contributed by atoms with Gasteiger partial charge in [0.25, 0.3) is 11.8 Å². The molecule has 0 saturated carbocycles. The van der Waals surface area contributed by atoms with Gasteiger partial charge in [-0.25, -0.2) is 0 Å². The number of nitrogens with one attached hydrogen (secondary N) is 5. The van der Waals surface area contributed by atoms with E-state index in [9.17, 15) is 66.3 Å². The number of thiophene rings is 1. The number of piperidine rings is 1. The van der Waals surface area contributed by atoms with Crippen LogP contribution in [0.1, 0.15) is 114 Å². The maximum atomic E-state index is 15.0. The van der Waals surface area contributed by atoms with Crippen molar-refractivity contribution in [2.45, 2.75) is 132 Å². The number of nitrogens with two attached hydrogens (primary N) is 1. The average molecular weight is 1290 g/mol. The first-order valence-corrected chi connectivity index (χ1v) is 33.0. The summed E-state index contributed by atoms with van der Waals surface area (Å²) in [5, 5.41) is 14.5. The van der Waals surface area contributed by atoms with E-state index in [1.807, 2.05) is 54.2 Å². The van der Waals surface area contributed by atoms with Crippen LogP contribution in [0.5, 0.6) is 0 Å². The molecule has 0 bridgehead atoms. The predicted molar refractivity (Wildman–Crippen MR) is 332 cm³/mol. The third-order valence-electron chi connectivity index (χ3n) is 17.6. The highest BCUT2D eigenvalue weighted by molar-refractivity contribution is 7.52. The van der Waals surface area contributed by atoms with Gasteiger partial charge in [0, 0.05) is 118 Å². The number of hydrogen-bond donors (Lipinski definition) is 8. The number of carbonyl (C=O) groups excluding carboxylic acids is 9. The van der Waals surface area contributed by atoms with Crippen LogP contribution in [0.3, 0.4) is 0 Å². The number of carbonyl (C=O) groups is 9. The van der Waals surface area contributed by atoms with Gasteiger partial charge < -0.3 is 56.4 Å². The number of fused-ring (bicyclic) bond motifs is 3. The minimum Gasteiger partial charge on any atom is -0.385 e. The molecule has 4 fully saturated rings. The summed E-state index contributed by atoms with van der Waals surface area (Å²) in [5.41, 5.74) is 3.97. The fourth-order valence-electron chi connectivity index (χ4n) is 12.4. The van der Waals surface area contributed by atoms with Crippen LogP contribution >= 0.6 is 18.9 Å². The van der Waals surface area contributed by atoms with Crippen LogP contribution in [0, 0.1) is 0 Å². The first kappa shape index (κ1) is 67.1. The molecule has 0 spiro atoms. The summed E-state index contributed by atoms with van der Waals surface area (Å²) in [6.07, 6.45) is 1.79. The molecular formula is C62H81F2N12O12PS. The van der Waals surface area contributed by atoms with Gasteiger partial charge in [-0.1, -0.05) is 57.2 Å². The highest BCUT2D eigenvalue weighted by atomic mass is 32.1. The van der Waals surface area contributed by atoms with Crippen molar-refractivity contribution in [1.82, 2.24) is 50.7 Å². The summed E-state index contributed by atoms with van der Waals surface area (Å²) in [6, 6.07) is 11.5. The predicted octanol–water partition coefficient (Wildman–Crippen LogP) is 3.04.